The zero-order valence-electron chi connectivity index (χ0n) is 11.2. The van der Waals surface area contributed by atoms with Crippen LogP contribution in [0.3, 0.4) is 0 Å². The maximum atomic E-state index is 11.4. The normalized spacial score (nSPS) is 12.5. The summed E-state index contributed by atoms with van der Waals surface area (Å²) in [5.41, 5.74) is 1.63. The molecular weight excluding hydrogens is 268 g/mol. The molecule has 0 saturated carbocycles. The minimum Gasteiger partial charge on any atom is -0.463 e. The van der Waals surface area contributed by atoms with Crippen LogP contribution in [0.4, 0.5) is 0 Å². The Bertz CT molecular complexity index is 615. The number of ether oxygens (including phenoxy) is 1. The van der Waals surface area contributed by atoms with Crippen LogP contribution in [-0.4, -0.2) is 22.9 Å². The van der Waals surface area contributed by atoms with E-state index in [1.807, 2.05) is 20.8 Å². The zero-order valence-corrected chi connectivity index (χ0v) is 12.0. The van der Waals surface area contributed by atoms with Gasteiger partial charge in [-0.3, -0.25) is 4.68 Å². The highest BCUT2D eigenvalue weighted by molar-refractivity contribution is 6.31. The molecule has 1 atom stereocenters. The highest BCUT2D eigenvalue weighted by atomic mass is 35.5. The maximum absolute atomic E-state index is 11.4. The molecule has 0 aliphatic carbocycles. The Balaban J connectivity index is 2.33. The SMILES string of the molecule is COC(=O)c1ccc(C(C)n2nc(C)c(Cl)c2C)o1. The average Bonchev–Trinajstić information content (AvgIpc) is 2.98. The Morgan fingerprint density at radius 2 is 2.16 bits per heavy atom. The van der Waals surface area contributed by atoms with Gasteiger partial charge in [-0.05, 0) is 32.9 Å². The van der Waals surface area contributed by atoms with E-state index in [0.29, 0.717) is 10.8 Å². The van der Waals surface area contributed by atoms with E-state index in [1.54, 1.807) is 16.8 Å². The van der Waals surface area contributed by atoms with Gasteiger partial charge in [0.05, 0.1) is 23.5 Å². The largest absolute Gasteiger partial charge is 0.463 e. The van der Waals surface area contributed by atoms with Crippen LogP contribution < -0.4 is 0 Å². The quantitative estimate of drug-likeness (QED) is 0.812. The number of aromatic nitrogens is 2. The van der Waals surface area contributed by atoms with Gasteiger partial charge in [0.25, 0.3) is 0 Å². The molecule has 2 heterocycles. The van der Waals surface area contributed by atoms with Crippen LogP contribution in [0, 0.1) is 13.8 Å². The molecule has 0 bridgehead atoms. The number of hydrogen-bond acceptors (Lipinski definition) is 4. The molecule has 0 saturated heterocycles. The van der Waals surface area contributed by atoms with Crippen LogP contribution in [0.1, 0.15) is 40.7 Å². The Kier molecular flexibility index (Phi) is 3.66. The number of carbonyl (C=O) groups is 1. The second kappa shape index (κ2) is 5.09. The van der Waals surface area contributed by atoms with Crippen LogP contribution in [0.5, 0.6) is 0 Å². The van der Waals surface area contributed by atoms with Crippen molar-refractivity contribution in [2.75, 3.05) is 7.11 Å². The monoisotopic (exact) mass is 282 g/mol. The highest BCUT2D eigenvalue weighted by Gasteiger charge is 2.20. The number of esters is 1. The Morgan fingerprint density at radius 1 is 1.47 bits per heavy atom. The number of halogens is 1. The molecule has 6 heteroatoms. The number of carbonyl (C=O) groups excluding carboxylic acids is 1. The van der Waals surface area contributed by atoms with Crippen molar-refractivity contribution >= 4 is 17.6 Å². The van der Waals surface area contributed by atoms with E-state index >= 15 is 0 Å². The van der Waals surface area contributed by atoms with Gasteiger partial charge in [-0.25, -0.2) is 4.79 Å². The lowest BCUT2D eigenvalue weighted by molar-refractivity contribution is 0.0562. The maximum Gasteiger partial charge on any atom is 0.373 e. The minimum absolute atomic E-state index is 0.149. The van der Waals surface area contributed by atoms with Gasteiger partial charge in [0, 0.05) is 0 Å². The summed E-state index contributed by atoms with van der Waals surface area (Å²) in [6, 6.07) is 3.18. The third-order valence-corrected chi connectivity index (χ3v) is 3.58. The van der Waals surface area contributed by atoms with Gasteiger partial charge >= 0.3 is 5.97 Å². The molecule has 0 aliphatic heterocycles. The molecule has 0 aliphatic rings. The third kappa shape index (κ3) is 2.38. The van der Waals surface area contributed by atoms with Gasteiger partial charge in [-0.1, -0.05) is 11.6 Å². The summed E-state index contributed by atoms with van der Waals surface area (Å²) in [5, 5.41) is 5.01. The molecule has 19 heavy (non-hydrogen) atoms. The van der Waals surface area contributed by atoms with Crippen molar-refractivity contribution in [3.05, 3.63) is 40.1 Å². The van der Waals surface area contributed by atoms with Crippen LogP contribution in [0.15, 0.2) is 16.5 Å². The van der Waals surface area contributed by atoms with E-state index in [4.69, 9.17) is 16.0 Å². The molecule has 0 N–H and O–H groups in total. The van der Waals surface area contributed by atoms with Gasteiger partial charge in [0.15, 0.2) is 0 Å². The molecule has 102 valence electrons. The van der Waals surface area contributed by atoms with Crippen molar-refractivity contribution in [2.45, 2.75) is 26.8 Å². The van der Waals surface area contributed by atoms with Crippen LogP contribution >= 0.6 is 11.6 Å². The molecule has 0 aromatic carbocycles. The fraction of sp³-hybridized carbons (Fsp3) is 0.385. The van der Waals surface area contributed by atoms with Gasteiger partial charge in [-0.2, -0.15) is 5.10 Å². The lowest BCUT2D eigenvalue weighted by Gasteiger charge is -2.11. The number of furan rings is 1. The van der Waals surface area contributed by atoms with Crippen LogP contribution in [0.2, 0.25) is 5.02 Å². The second-order valence-electron chi connectivity index (χ2n) is 4.30. The topological polar surface area (TPSA) is 57.3 Å². The number of rotatable bonds is 3. The Hall–Kier alpha value is -1.75. The Morgan fingerprint density at radius 3 is 2.68 bits per heavy atom. The second-order valence-corrected chi connectivity index (χ2v) is 4.68. The number of nitrogens with zero attached hydrogens (tertiary/aromatic N) is 2. The van der Waals surface area contributed by atoms with Gasteiger partial charge in [0.2, 0.25) is 5.76 Å². The minimum atomic E-state index is -0.496. The lowest BCUT2D eigenvalue weighted by Crippen LogP contribution is -2.09. The summed E-state index contributed by atoms with van der Waals surface area (Å²) >= 11 is 6.12. The number of hydrogen-bond donors (Lipinski definition) is 0. The Labute approximate surface area is 116 Å². The number of aryl methyl sites for hydroxylation is 1. The van der Waals surface area contributed by atoms with Crippen LogP contribution in [-0.2, 0) is 4.74 Å². The van der Waals surface area contributed by atoms with Gasteiger partial charge in [0.1, 0.15) is 11.8 Å². The number of methoxy groups -OCH3 is 1. The smallest absolute Gasteiger partial charge is 0.373 e. The van der Waals surface area contributed by atoms with E-state index in [1.165, 1.54) is 7.11 Å². The summed E-state index contributed by atoms with van der Waals surface area (Å²) in [6.45, 7) is 5.67. The summed E-state index contributed by atoms with van der Waals surface area (Å²) in [5.74, 6) is 0.310. The predicted octanol–water partition coefficient (Wildman–Crippen LogP) is 3.14. The van der Waals surface area contributed by atoms with Gasteiger partial charge < -0.3 is 9.15 Å². The van der Waals surface area contributed by atoms with E-state index in [-0.39, 0.29) is 11.8 Å². The van der Waals surface area contributed by atoms with Crippen molar-refractivity contribution in [2.24, 2.45) is 0 Å². The van der Waals surface area contributed by atoms with Crippen molar-refractivity contribution < 1.29 is 13.9 Å². The third-order valence-electron chi connectivity index (χ3n) is 3.03. The zero-order chi connectivity index (χ0) is 14.2. The standard InChI is InChI=1S/C13H15ClN2O3/c1-7-12(14)9(3)16(15-7)8(2)10-5-6-11(19-10)13(17)18-4/h5-6,8H,1-4H3. The molecule has 2 aromatic heterocycles. The fourth-order valence-electron chi connectivity index (χ4n) is 1.93. The van der Waals surface area contributed by atoms with E-state index in [2.05, 4.69) is 9.84 Å². The first-order valence-corrected chi connectivity index (χ1v) is 6.22. The first-order chi connectivity index (χ1) is 8.95. The molecule has 0 radical (unpaired) electrons. The van der Waals surface area contributed by atoms with Crippen molar-refractivity contribution in [1.82, 2.24) is 9.78 Å². The first kappa shape index (κ1) is 13.7. The van der Waals surface area contributed by atoms with Crippen LogP contribution in [0.25, 0.3) is 0 Å². The van der Waals surface area contributed by atoms with Crippen molar-refractivity contribution in [3.63, 3.8) is 0 Å². The summed E-state index contributed by atoms with van der Waals surface area (Å²) < 4.78 is 11.9. The average molecular weight is 283 g/mol. The van der Waals surface area contributed by atoms with Crippen molar-refractivity contribution in [1.29, 1.82) is 0 Å². The summed E-state index contributed by atoms with van der Waals surface area (Å²) in [4.78, 5) is 11.4. The van der Waals surface area contributed by atoms with Gasteiger partial charge in [-0.15, -0.1) is 0 Å². The predicted molar refractivity (Wildman–Crippen MR) is 70.6 cm³/mol. The molecule has 2 aromatic rings. The molecule has 0 amide bonds. The van der Waals surface area contributed by atoms with E-state index in [9.17, 15) is 4.79 Å². The molecular formula is C13H15ClN2O3. The molecule has 1 unspecified atom stereocenters. The first-order valence-electron chi connectivity index (χ1n) is 5.85. The molecule has 5 nitrogen and oxygen atoms in total. The summed E-state index contributed by atoms with van der Waals surface area (Å²) in [6.07, 6.45) is 0. The molecule has 0 fully saturated rings. The highest BCUT2D eigenvalue weighted by Crippen LogP contribution is 2.26. The summed E-state index contributed by atoms with van der Waals surface area (Å²) in [7, 11) is 1.31. The fourth-order valence-corrected chi connectivity index (χ4v) is 2.05. The van der Waals surface area contributed by atoms with E-state index < -0.39 is 5.97 Å². The molecule has 0 spiro atoms. The molecule has 2 rings (SSSR count). The lowest BCUT2D eigenvalue weighted by atomic mass is 10.2. The van der Waals surface area contributed by atoms with Crippen molar-refractivity contribution in [3.8, 4) is 0 Å². The van der Waals surface area contributed by atoms with E-state index in [0.717, 1.165) is 11.4 Å².